The van der Waals surface area contributed by atoms with Crippen molar-refractivity contribution < 1.29 is 14.3 Å². The van der Waals surface area contributed by atoms with Crippen LogP contribution in [0.5, 0.6) is 11.5 Å². The Kier molecular flexibility index (Phi) is 4.85. The van der Waals surface area contributed by atoms with E-state index in [9.17, 15) is 4.79 Å². The number of piperidine rings is 1. The van der Waals surface area contributed by atoms with Gasteiger partial charge >= 0.3 is 0 Å². The van der Waals surface area contributed by atoms with Crippen molar-refractivity contribution in [2.45, 2.75) is 44.2 Å². The van der Waals surface area contributed by atoms with Gasteiger partial charge in [0.2, 0.25) is 5.72 Å². The molecule has 0 bridgehead atoms. The number of rotatable bonds is 2. The van der Waals surface area contributed by atoms with Gasteiger partial charge in [-0.15, -0.1) is 0 Å². The van der Waals surface area contributed by atoms with E-state index in [-0.39, 0.29) is 5.91 Å². The van der Waals surface area contributed by atoms with Crippen molar-refractivity contribution >= 4 is 34.3 Å². The average Bonchev–Trinajstić information content (AvgIpc) is 3.05. The highest BCUT2D eigenvalue weighted by Gasteiger charge is 2.59. The molecule has 35 heavy (non-hydrogen) atoms. The minimum Gasteiger partial charge on any atom is -0.497 e. The molecular weight excluding hydrogens is 438 g/mol. The molecule has 1 unspecified atom stereocenters. The van der Waals surface area contributed by atoms with Gasteiger partial charge in [-0.1, -0.05) is 24.3 Å². The summed E-state index contributed by atoms with van der Waals surface area (Å²) in [5.74, 6) is 1.40. The van der Waals surface area contributed by atoms with Crippen LogP contribution in [0.3, 0.4) is 0 Å². The van der Waals surface area contributed by atoms with Crippen LogP contribution < -0.4 is 14.4 Å². The van der Waals surface area contributed by atoms with E-state index >= 15 is 0 Å². The quantitative estimate of drug-likeness (QED) is 0.484. The lowest BCUT2D eigenvalue weighted by Crippen LogP contribution is -2.61. The van der Waals surface area contributed by atoms with E-state index in [1.54, 1.807) is 7.11 Å². The summed E-state index contributed by atoms with van der Waals surface area (Å²) >= 11 is 0. The molecule has 3 aromatic rings. The van der Waals surface area contributed by atoms with E-state index in [0.717, 1.165) is 59.4 Å². The molecule has 1 saturated heterocycles. The Bertz CT molecular complexity index is 1370. The van der Waals surface area contributed by atoms with E-state index in [4.69, 9.17) is 14.5 Å². The van der Waals surface area contributed by atoms with E-state index in [1.165, 1.54) is 6.42 Å². The number of hydrogen-bond acceptors (Lipinski definition) is 5. The first-order valence-electron chi connectivity index (χ1n) is 12.4. The zero-order valence-corrected chi connectivity index (χ0v) is 20.8. The topological polar surface area (TPSA) is 54.4 Å². The Balaban J connectivity index is 1.53. The average molecular weight is 470 g/mol. The molecule has 6 heteroatoms. The summed E-state index contributed by atoms with van der Waals surface area (Å²) in [6, 6.07) is 16.2. The fourth-order valence-electron chi connectivity index (χ4n) is 5.97. The van der Waals surface area contributed by atoms with Crippen molar-refractivity contribution in [3.8, 4) is 11.5 Å². The number of aliphatic imine (C=N–C) groups is 1. The highest BCUT2D eigenvalue weighted by Crippen LogP contribution is 2.55. The van der Waals surface area contributed by atoms with Crippen LogP contribution in [0.15, 0.2) is 53.5 Å². The number of amides is 1. The first-order chi connectivity index (χ1) is 16.9. The van der Waals surface area contributed by atoms with Crippen LogP contribution in [0.4, 0.5) is 11.4 Å². The van der Waals surface area contributed by atoms with Crippen LogP contribution in [0.2, 0.25) is 0 Å². The molecule has 3 aliphatic heterocycles. The summed E-state index contributed by atoms with van der Waals surface area (Å²) in [6.07, 6.45) is 5.17. The fourth-order valence-corrected chi connectivity index (χ4v) is 5.97. The van der Waals surface area contributed by atoms with Crippen molar-refractivity contribution in [3.63, 3.8) is 0 Å². The molecule has 0 saturated carbocycles. The molecule has 0 aromatic heterocycles. The number of hydrogen-bond donors (Lipinski definition) is 0. The third-order valence-corrected chi connectivity index (χ3v) is 8.11. The van der Waals surface area contributed by atoms with E-state index in [1.807, 2.05) is 54.6 Å². The van der Waals surface area contributed by atoms with Crippen molar-refractivity contribution in [3.05, 3.63) is 59.7 Å². The Morgan fingerprint density at radius 1 is 1.06 bits per heavy atom. The lowest BCUT2D eigenvalue weighted by atomic mass is 9.77. The van der Waals surface area contributed by atoms with Gasteiger partial charge in [-0.3, -0.25) is 9.79 Å². The Morgan fingerprint density at radius 3 is 2.60 bits per heavy atom. The summed E-state index contributed by atoms with van der Waals surface area (Å²) in [6.45, 7) is 5.90. The number of carbonyl (C=O) groups excluding carboxylic acids is 1. The Morgan fingerprint density at radius 2 is 1.83 bits per heavy atom. The predicted octanol–water partition coefficient (Wildman–Crippen LogP) is 5.69. The molecule has 0 radical (unpaired) electrons. The molecule has 0 aliphatic carbocycles. The first-order valence-corrected chi connectivity index (χ1v) is 12.4. The molecule has 0 N–H and O–H groups in total. The number of carbonyl (C=O) groups is 1. The largest absolute Gasteiger partial charge is 0.497 e. The van der Waals surface area contributed by atoms with Gasteiger partial charge in [0.1, 0.15) is 11.4 Å². The molecule has 1 atom stereocenters. The summed E-state index contributed by atoms with van der Waals surface area (Å²) < 4.78 is 12.5. The number of ether oxygens (including phenoxy) is 2. The molecule has 1 fully saturated rings. The number of methoxy groups -OCH3 is 1. The van der Waals surface area contributed by atoms with Gasteiger partial charge in [0.15, 0.2) is 5.75 Å². The van der Waals surface area contributed by atoms with E-state index in [0.29, 0.717) is 11.3 Å². The van der Waals surface area contributed by atoms with Crippen LogP contribution in [0.1, 0.15) is 49.0 Å². The third-order valence-electron chi connectivity index (χ3n) is 8.11. The molecule has 6 rings (SSSR count). The van der Waals surface area contributed by atoms with Crippen molar-refractivity contribution in [1.29, 1.82) is 0 Å². The maximum atomic E-state index is 13.8. The monoisotopic (exact) mass is 469 g/mol. The number of fused-ring (bicyclic) bond motifs is 4. The number of benzene rings is 3. The minimum absolute atomic E-state index is 0.0246. The van der Waals surface area contributed by atoms with Gasteiger partial charge in [-0.05, 0) is 68.3 Å². The van der Waals surface area contributed by atoms with Crippen LogP contribution in [-0.2, 0) is 5.41 Å². The fraction of sp³-hybridized carbons (Fsp3) is 0.379. The maximum Gasteiger partial charge on any atom is 0.257 e. The molecule has 180 valence electrons. The molecular formula is C29H31N3O3. The van der Waals surface area contributed by atoms with Gasteiger partial charge in [-0.25, -0.2) is 0 Å². The SMILES string of the molecule is COc1ccc2c(c1)C(C)(C)C1(C=Nc3c(c(C(=O)N4CCCCC4)cc4ccccc34)O1)N2C. The summed E-state index contributed by atoms with van der Waals surface area (Å²) in [4.78, 5) is 23.0. The van der Waals surface area contributed by atoms with Gasteiger partial charge in [0.05, 0.1) is 24.3 Å². The zero-order chi connectivity index (χ0) is 24.4. The normalized spacial score (nSPS) is 22.2. The van der Waals surface area contributed by atoms with Crippen molar-refractivity contribution in [2.75, 3.05) is 32.1 Å². The molecule has 3 heterocycles. The number of likely N-dealkylation sites (N-methyl/N-ethyl adjacent to an activating group) is 1. The first kappa shape index (κ1) is 22.0. The van der Waals surface area contributed by atoms with Crippen molar-refractivity contribution in [2.24, 2.45) is 4.99 Å². The third kappa shape index (κ3) is 3.01. The summed E-state index contributed by atoms with van der Waals surface area (Å²) in [5.41, 5.74) is 2.17. The molecule has 3 aliphatic rings. The summed E-state index contributed by atoms with van der Waals surface area (Å²) in [7, 11) is 3.71. The molecule has 3 aromatic carbocycles. The standard InChI is InChI=1S/C29H31N3O3/c1-28(2)23-17-20(34-4)12-13-24(23)31(3)29(28)18-30-25-21-11-7-6-10-19(21)16-22(26(25)35-29)27(33)32-14-8-5-9-15-32/h6-7,10-13,16-18H,5,8-9,14-15H2,1-4H3. The smallest absolute Gasteiger partial charge is 0.257 e. The van der Waals surface area contributed by atoms with Gasteiger partial charge in [0.25, 0.3) is 5.91 Å². The Hall–Kier alpha value is -3.54. The van der Waals surface area contributed by atoms with Crippen molar-refractivity contribution in [1.82, 2.24) is 4.90 Å². The zero-order valence-electron chi connectivity index (χ0n) is 20.8. The minimum atomic E-state index is -0.881. The Labute approximate surface area is 206 Å². The lowest BCUT2D eigenvalue weighted by Gasteiger charge is -2.45. The molecule has 1 spiro atoms. The predicted molar refractivity (Wildman–Crippen MR) is 140 cm³/mol. The van der Waals surface area contributed by atoms with Crippen LogP contribution >= 0.6 is 0 Å². The number of nitrogens with zero attached hydrogens (tertiary/aromatic N) is 3. The van der Waals surface area contributed by atoms with E-state index < -0.39 is 11.1 Å². The van der Waals surface area contributed by atoms with E-state index in [2.05, 4.69) is 30.9 Å². The highest BCUT2D eigenvalue weighted by molar-refractivity contribution is 6.09. The number of anilines is 1. The van der Waals surface area contributed by atoms with Gasteiger partial charge < -0.3 is 19.3 Å². The molecule has 6 nitrogen and oxygen atoms in total. The van der Waals surface area contributed by atoms with Gasteiger partial charge in [-0.2, -0.15) is 0 Å². The highest BCUT2D eigenvalue weighted by atomic mass is 16.5. The second-order valence-electron chi connectivity index (χ2n) is 10.3. The van der Waals surface area contributed by atoms with Crippen LogP contribution in [-0.4, -0.2) is 50.0 Å². The van der Waals surface area contributed by atoms with Gasteiger partial charge in [0, 0.05) is 31.2 Å². The number of likely N-dealkylation sites (tertiary alicyclic amines) is 1. The van der Waals surface area contributed by atoms with Crippen LogP contribution in [0.25, 0.3) is 10.8 Å². The lowest BCUT2D eigenvalue weighted by molar-refractivity contribution is 0.0669. The maximum absolute atomic E-state index is 13.8. The second-order valence-corrected chi connectivity index (χ2v) is 10.3. The second kappa shape index (κ2) is 7.74. The summed E-state index contributed by atoms with van der Waals surface area (Å²) in [5, 5.41) is 1.98. The van der Waals surface area contributed by atoms with Crippen LogP contribution in [0, 0.1) is 0 Å². The molecule has 1 amide bonds.